The molecule has 1 aliphatic heterocycles. The van der Waals surface area contributed by atoms with E-state index in [0.29, 0.717) is 28.7 Å². The van der Waals surface area contributed by atoms with Crippen LogP contribution in [0.25, 0.3) is 0 Å². The minimum absolute atomic E-state index is 0.100. The maximum absolute atomic E-state index is 12.5. The number of carbonyl (C=O) groups excluding carboxylic acids is 1. The predicted octanol–water partition coefficient (Wildman–Crippen LogP) is 2.49. The van der Waals surface area contributed by atoms with Crippen molar-refractivity contribution < 1.29 is 17.9 Å². The Morgan fingerprint density at radius 3 is 2.54 bits per heavy atom. The number of thiophene rings is 1. The van der Waals surface area contributed by atoms with Gasteiger partial charge in [-0.25, -0.2) is 8.42 Å². The largest absolute Gasteiger partial charge is 0.497 e. The van der Waals surface area contributed by atoms with Gasteiger partial charge < -0.3 is 9.64 Å². The fourth-order valence-corrected chi connectivity index (χ4v) is 5.22. The van der Waals surface area contributed by atoms with Crippen molar-refractivity contribution in [3.63, 3.8) is 0 Å². The zero-order valence-electron chi connectivity index (χ0n) is 12.7. The number of sulfonamides is 1. The summed E-state index contributed by atoms with van der Waals surface area (Å²) in [7, 11) is -2.19. The van der Waals surface area contributed by atoms with Crippen molar-refractivity contribution >= 4 is 44.6 Å². The van der Waals surface area contributed by atoms with Crippen molar-refractivity contribution in [1.29, 1.82) is 0 Å². The lowest BCUT2D eigenvalue weighted by atomic mass is 10.2. The quantitative estimate of drug-likeness (QED) is 0.856. The van der Waals surface area contributed by atoms with Gasteiger partial charge in [0.2, 0.25) is 5.91 Å². The number of methoxy groups -OCH3 is 1. The van der Waals surface area contributed by atoms with E-state index >= 15 is 0 Å². The second-order valence-corrected chi connectivity index (χ2v) is 8.86. The molecule has 0 radical (unpaired) electrons. The molecule has 3 rings (SSSR count). The Labute approximate surface area is 149 Å². The Morgan fingerprint density at radius 2 is 1.96 bits per heavy atom. The molecule has 1 saturated heterocycles. The average Bonchev–Trinajstić information content (AvgIpc) is 3.15. The first kappa shape index (κ1) is 17.2. The van der Waals surface area contributed by atoms with Crippen molar-refractivity contribution in [3.05, 3.63) is 40.7 Å². The van der Waals surface area contributed by atoms with Crippen molar-refractivity contribution in [1.82, 2.24) is 4.72 Å². The van der Waals surface area contributed by atoms with Crippen LogP contribution >= 0.6 is 22.9 Å². The smallest absolute Gasteiger partial charge is 0.250 e. The molecular formula is C15H15ClN2O4S2. The minimum atomic E-state index is -3.76. The third-order valence-electron chi connectivity index (χ3n) is 3.70. The summed E-state index contributed by atoms with van der Waals surface area (Å²) >= 11 is 6.74. The van der Waals surface area contributed by atoms with Gasteiger partial charge >= 0.3 is 0 Å². The second kappa shape index (κ2) is 6.72. The highest BCUT2D eigenvalue weighted by molar-refractivity contribution is 7.91. The Balaban J connectivity index is 1.74. The van der Waals surface area contributed by atoms with Crippen LogP contribution in [0.2, 0.25) is 4.34 Å². The number of ether oxygens (including phenoxy) is 1. The van der Waals surface area contributed by atoms with Crippen LogP contribution in [0.5, 0.6) is 5.75 Å². The first-order valence-electron chi connectivity index (χ1n) is 7.14. The number of nitrogens with zero attached hydrogens (tertiary/aromatic N) is 1. The molecule has 2 aromatic rings. The van der Waals surface area contributed by atoms with E-state index in [4.69, 9.17) is 16.3 Å². The predicted molar refractivity (Wildman–Crippen MR) is 93.4 cm³/mol. The summed E-state index contributed by atoms with van der Waals surface area (Å²) in [6.45, 7) is 0.448. The lowest BCUT2D eigenvalue weighted by Gasteiger charge is -2.17. The topological polar surface area (TPSA) is 75.7 Å². The van der Waals surface area contributed by atoms with E-state index in [0.717, 1.165) is 11.3 Å². The number of amides is 1. The van der Waals surface area contributed by atoms with Crippen molar-refractivity contribution in [2.24, 2.45) is 0 Å². The molecule has 1 N–H and O–H groups in total. The van der Waals surface area contributed by atoms with E-state index in [1.165, 1.54) is 12.1 Å². The zero-order valence-corrected chi connectivity index (χ0v) is 15.1. The summed E-state index contributed by atoms with van der Waals surface area (Å²) in [4.78, 5) is 14.1. The maximum Gasteiger partial charge on any atom is 0.250 e. The number of benzene rings is 1. The molecule has 1 aromatic carbocycles. The van der Waals surface area contributed by atoms with Crippen LogP contribution in [0.3, 0.4) is 0 Å². The SMILES string of the molecule is COc1ccc(N2CC[C@H](NS(=O)(=O)c3ccc(Cl)s3)C2=O)cc1. The van der Waals surface area contributed by atoms with Gasteiger partial charge in [-0.3, -0.25) is 4.79 Å². The van der Waals surface area contributed by atoms with E-state index in [-0.39, 0.29) is 10.1 Å². The zero-order chi connectivity index (χ0) is 17.3. The molecular weight excluding hydrogens is 372 g/mol. The first-order chi connectivity index (χ1) is 11.4. The highest BCUT2D eigenvalue weighted by Crippen LogP contribution is 2.28. The number of rotatable bonds is 5. The summed E-state index contributed by atoms with van der Waals surface area (Å²) in [5.74, 6) is 0.420. The third-order valence-corrected chi connectivity index (χ3v) is 6.90. The Kier molecular flexibility index (Phi) is 4.82. The molecule has 0 unspecified atom stereocenters. The summed E-state index contributed by atoms with van der Waals surface area (Å²) in [6, 6.07) is 9.22. The van der Waals surface area contributed by atoms with E-state index < -0.39 is 16.1 Å². The van der Waals surface area contributed by atoms with E-state index in [1.54, 1.807) is 36.3 Å². The number of carbonyl (C=O) groups is 1. The minimum Gasteiger partial charge on any atom is -0.497 e. The van der Waals surface area contributed by atoms with Crippen molar-refractivity contribution in [2.75, 3.05) is 18.6 Å². The van der Waals surface area contributed by atoms with Crippen LogP contribution in [-0.4, -0.2) is 34.0 Å². The molecule has 2 heterocycles. The average molecular weight is 387 g/mol. The van der Waals surface area contributed by atoms with Gasteiger partial charge in [0.05, 0.1) is 11.4 Å². The fourth-order valence-electron chi connectivity index (χ4n) is 2.50. The molecule has 1 amide bonds. The Hall–Kier alpha value is -1.61. The molecule has 1 aromatic heterocycles. The first-order valence-corrected chi connectivity index (χ1v) is 9.81. The van der Waals surface area contributed by atoms with Gasteiger partial charge in [-0.05, 0) is 42.8 Å². The molecule has 0 saturated carbocycles. The van der Waals surface area contributed by atoms with Crippen molar-refractivity contribution in [2.45, 2.75) is 16.7 Å². The molecule has 128 valence electrons. The van der Waals surface area contributed by atoms with E-state index in [2.05, 4.69) is 4.72 Å². The van der Waals surface area contributed by atoms with Crippen LogP contribution in [0.4, 0.5) is 5.69 Å². The summed E-state index contributed by atoms with van der Waals surface area (Å²) in [5.41, 5.74) is 0.710. The highest BCUT2D eigenvalue weighted by atomic mass is 35.5. The molecule has 6 nitrogen and oxygen atoms in total. The van der Waals surface area contributed by atoms with Crippen LogP contribution < -0.4 is 14.4 Å². The summed E-state index contributed by atoms with van der Waals surface area (Å²) in [5, 5.41) is 0. The number of anilines is 1. The van der Waals surface area contributed by atoms with E-state index in [1.807, 2.05) is 0 Å². The monoisotopic (exact) mass is 386 g/mol. The van der Waals surface area contributed by atoms with Crippen LogP contribution in [0, 0.1) is 0 Å². The fraction of sp³-hybridized carbons (Fsp3) is 0.267. The Morgan fingerprint density at radius 1 is 1.25 bits per heavy atom. The van der Waals surface area contributed by atoms with Gasteiger partial charge in [0.15, 0.2) is 0 Å². The van der Waals surface area contributed by atoms with Gasteiger partial charge in [-0.2, -0.15) is 4.72 Å². The molecule has 0 aliphatic carbocycles. The van der Waals surface area contributed by atoms with Gasteiger partial charge in [0, 0.05) is 12.2 Å². The third kappa shape index (κ3) is 3.41. The molecule has 1 fully saturated rings. The number of hydrogen-bond donors (Lipinski definition) is 1. The van der Waals surface area contributed by atoms with Gasteiger partial charge in [-0.15, -0.1) is 11.3 Å². The van der Waals surface area contributed by atoms with Crippen LogP contribution in [0.15, 0.2) is 40.6 Å². The number of hydrogen-bond acceptors (Lipinski definition) is 5. The van der Waals surface area contributed by atoms with Crippen molar-refractivity contribution in [3.8, 4) is 5.75 Å². The summed E-state index contributed by atoms with van der Waals surface area (Å²) < 4.78 is 32.7. The number of halogens is 1. The van der Waals surface area contributed by atoms with Gasteiger partial charge in [0.25, 0.3) is 10.0 Å². The molecule has 1 aliphatic rings. The standard InChI is InChI=1S/C15H15ClN2O4S2/c1-22-11-4-2-10(3-5-11)18-9-8-12(15(18)19)17-24(20,21)14-7-6-13(16)23-14/h2-7,12,17H,8-9H2,1H3/t12-/m0/s1. The van der Waals surface area contributed by atoms with Gasteiger partial charge in [0.1, 0.15) is 16.0 Å². The summed E-state index contributed by atoms with van der Waals surface area (Å²) in [6.07, 6.45) is 0.406. The van der Waals surface area contributed by atoms with Crippen LogP contribution in [0.1, 0.15) is 6.42 Å². The molecule has 9 heteroatoms. The highest BCUT2D eigenvalue weighted by Gasteiger charge is 2.36. The second-order valence-electron chi connectivity index (χ2n) is 5.21. The molecule has 0 bridgehead atoms. The molecule has 1 atom stereocenters. The number of nitrogens with one attached hydrogen (secondary N) is 1. The lowest BCUT2D eigenvalue weighted by molar-refractivity contribution is -0.118. The van der Waals surface area contributed by atoms with Crippen LogP contribution in [-0.2, 0) is 14.8 Å². The van der Waals surface area contributed by atoms with E-state index in [9.17, 15) is 13.2 Å². The maximum atomic E-state index is 12.5. The lowest BCUT2D eigenvalue weighted by Crippen LogP contribution is -2.41. The Bertz CT molecular complexity index is 849. The normalized spacial score (nSPS) is 18.2. The van der Waals surface area contributed by atoms with Gasteiger partial charge in [-0.1, -0.05) is 11.6 Å². The molecule has 0 spiro atoms. The molecule has 24 heavy (non-hydrogen) atoms.